The van der Waals surface area contributed by atoms with Gasteiger partial charge in [0.15, 0.2) is 5.78 Å². The standard InChI is InChI=1S/C8H10O4/c9-6-4-1-2-5(3-4)8(6,12)7(10)11/h4-5,12H,1-3H2,(H,10,11)/t4-,5+,8-/m1/s1. The highest BCUT2D eigenvalue weighted by molar-refractivity contribution is 6.09. The van der Waals surface area contributed by atoms with Gasteiger partial charge < -0.3 is 10.2 Å². The SMILES string of the molecule is O=C(O)[C@]1(O)C(=O)[C@@H]2CC[C@H]1C2. The molecule has 2 rings (SSSR count). The number of aliphatic carboxylic acids is 1. The maximum Gasteiger partial charge on any atom is 0.343 e. The van der Waals surface area contributed by atoms with Crippen molar-refractivity contribution in [3.05, 3.63) is 0 Å². The summed E-state index contributed by atoms with van der Waals surface area (Å²) < 4.78 is 0. The number of hydrogen-bond donors (Lipinski definition) is 2. The van der Waals surface area contributed by atoms with Crippen LogP contribution in [0.5, 0.6) is 0 Å². The van der Waals surface area contributed by atoms with Crippen LogP contribution in [0.25, 0.3) is 0 Å². The predicted molar refractivity (Wildman–Crippen MR) is 38.4 cm³/mol. The number of carbonyl (C=O) groups is 2. The second kappa shape index (κ2) is 2.07. The molecular formula is C8H10O4. The molecule has 2 aliphatic rings. The van der Waals surface area contributed by atoms with E-state index in [4.69, 9.17) is 5.11 Å². The lowest BCUT2D eigenvalue weighted by atomic mass is 9.83. The third-order valence-electron chi connectivity index (χ3n) is 3.10. The van der Waals surface area contributed by atoms with Crippen molar-refractivity contribution < 1.29 is 19.8 Å². The number of carboxylic acid groups (broad SMARTS) is 1. The first-order valence-corrected chi connectivity index (χ1v) is 4.07. The van der Waals surface area contributed by atoms with Crippen molar-refractivity contribution in [2.75, 3.05) is 0 Å². The van der Waals surface area contributed by atoms with E-state index in [1.54, 1.807) is 0 Å². The Kier molecular flexibility index (Phi) is 1.33. The van der Waals surface area contributed by atoms with Crippen LogP contribution in [0.2, 0.25) is 0 Å². The highest BCUT2D eigenvalue weighted by Crippen LogP contribution is 2.48. The molecule has 4 heteroatoms. The Morgan fingerprint density at radius 1 is 1.50 bits per heavy atom. The van der Waals surface area contributed by atoms with Crippen LogP contribution in [0.4, 0.5) is 0 Å². The number of fused-ring (bicyclic) bond motifs is 2. The van der Waals surface area contributed by atoms with Gasteiger partial charge in [-0.1, -0.05) is 0 Å². The molecule has 2 fully saturated rings. The molecule has 2 aliphatic carbocycles. The lowest BCUT2D eigenvalue weighted by Gasteiger charge is -2.25. The number of carboxylic acids is 1. The number of Topliss-reactive ketones (excluding diaryl/α,β-unsaturated/α-hetero) is 1. The molecule has 0 aliphatic heterocycles. The molecule has 0 unspecified atom stereocenters. The molecule has 0 amide bonds. The summed E-state index contributed by atoms with van der Waals surface area (Å²) in [4.78, 5) is 22.0. The van der Waals surface area contributed by atoms with Gasteiger partial charge in [-0.3, -0.25) is 4.79 Å². The number of rotatable bonds is 1. The van der Waals surface area contributed by atoms with E-state index in [0.29, 0.717) is 12.8 Å². The van der Waals surface area contributed by atoms with Gasteiger partial charge >= 0.3 is 5.97 Å². The van der Waals surface area contributed by atoms with E-state index in [1.165, 1.54) is 0 Å². The molecule has 0 saturated heterocycles. The van der Waals surface area contributed by atoms with Gasteiger partial charge in [-0.25, -0.2) is 4.79 Å². The monoisotopic (exact) mass is 170 g/mol. The average molecular weight is 170 g/mol. The number of ketones is 1. The van der Waals surface area contributed by atoms with E-state index in [1.807, 2.05) is 0 Å². The minimum atomic E-state index is -2.05. The highest BCUT2D eigenvalue weighted by atomic mass is 16.4. The fourth-order valence-corrected chi connectivity index (χ4v) is 2.39. The van der Waals surface area contributed by atoms with E-state index in [9.17, 15) is 14.7 Å². The first-order valence-electron chi connectivity index (χ1n) is 4.07. The van der Waals surface area contributed by atoms with Gasteiger partial charge in [-0.2, -0.15) is 0 Å². The summed E-state index contributed by atoms with van der Waals surface area (Å²) >= 11 is 0. The van der Waals surface area contributed by atoms with Crippen LogP contribution in [-0.4, -0.2) is 27.6 Å². The van der Waals surface area contributed by atoms with Gasteiger partial charge in [0.2, 0.25) is 5.60 Å². The fourth-order valence-electron chi connectivity index (χ4n) is 2.39. The number of aliphatic hydroxyl groups is 1. The average Bonchev–Trinajstić information content (AvgIpc) is 2.55. The molecule has 0 heterocycles. The first kappa shape index (κ1) is 7.73. The van der Waals surface area contributed by atoms with Crippen molar-refractivity contribution in [3.8, 4) is 0 Å². The van der Waals surface area contributed by atoms with Gasteiger partial charge in [0.25, 0.3) is 0 Å². The first-order chi connectivity index (χ1) is 5.56. The summed E-state index contributed by atoms with van der Waals surface area (Å²) in [7, 11) is 0. The molecule has 4 nitrogen and oxygen atoms in total. The molecule has 0 aromatic carbocycles. The molecule has 66 valence electrons. The normalized spacial score (nSPS) is 45.2. The van der Waals surface area contributed by atoms with Gasteiger partial charge in [-0.15, -0.1) is 0 Å². The summed E-state index contributed by atoms with van der Waals surface area (Å²) in [5.74, 6) is -2.39. The Labute approximate surface area is 69.2 Å². The molecule has 2 saturated carbocycles. The topological polar surface area (TPSA) is 74.6 Å². The van der Waals surface area contributed by atoms with Gasteiger partial charge in [-0.05, 0) is 19.3 Å². The Morgan fingerprint density at radius 3 is 2.50 bits per heavy atom. The Morgan fingerprint density at radius 2 is 2.17 bits per heavy atom. The lowest BCUT2D eigenvalue weighted by Crippen LogP contribution is -2.50. The van der Waals surface area contributed by atoms with E-state index in [2.05, 4.69) is 0 Å². The molecule has 12 heavy (non-hydrogen) atoms. The van der Waals surface area contributed by atoms with Crippen molar-refractivity contribution in [2.24, 2.45) is 11.8 Å². The molecular weight excluding hydrogens is 160 g/mol. The van der Waals surface area contributed by atoms with Crippen molar-refractivity contribution in [2.45, 2.75) is 24.9 Å². The van der Waals surface area contributed by atoms with E-state index in [-0.39, 0.29) is 11.8 Å². The number of hydrogen-bond acceptors (Lipinski definition) is 3. The summed E-state index contributed by atoms with van der Waals surface area (Å²) in [5.41, 5.74) is -2.05. The van der Waals surface area contributed by atoms with Crippen molar-refractivity contribution in [1.82, 2.24) is 0 Å². The maximum absolute atomic E-state index is 11.3. The van der Waals surface area contributed by atoms with Crippen molar-refractivity contribution >= 4 is 11.8 Å². The van der Waals surface area contributed by atoms with E-state index < -0.39 is 17.4 Å². The Balaban J connectivity index is 2.39. The van der Waals surface area contributed by atoms with Crippen LogP contribution in [0.15, 0.2) is 0 Å². The Hall–Kier alpha value is -0.900. The second-order valence-electron chi connectivity index (χ2n) is 3.64. The van der Waals surface area contributed by atoms with Gasteiger partial charge in [0, 0.05) is 11.8 Å². The minimum Gasteiger partial charge on any atom is -0.479 e. The largest absolute Gasteiger partial charge is 0.479 e. The quantitative estimate of drug-likeness (QED) is 0.534. The van der Waals surface area contributed by atoms with Crippen molar-refractivity contribution in [3.63, 3.8) is 0 Å². The lowest BCUT2D eigenvalue weighted by molar-refractivity contribution is -0.169. The summed E-state index contributed by atoms with van der Waals surface area (Å²) in [6, 6.07) is 0. The van der Waals surface area contributed by atoms with Crippen LogP contribution >= 0.6 is 0 Å². The predicted octanol–water partition coefficient (Wildman–Crippen LogP) is -0.199. The highest BCUT2D eigenvalue weighted by Gasteiger charge is 2.61. The van der Waals surface area contributed by atoms with Crippen LogP contribution < -0.4 is 0 Å². The summed E-state index contributed by atoms with van der Waals surface area (Å²) in [6.45, 7) is 0. The summed E-state index contributed by atoms with van der Waals surface area (Å²) in [6.07, 6.45) is 1.97. The molecule has 2 bridgehead atoms. The van der Waals surface area contributed by atoms with Crippen LogP contribution in [0.1, 0.15) is 19.3 Å². The molecule has 2 N–H and O–H groups in total. The zero-order valence-electron chi connectivity index (χ0n) is 6.49. The fraction of sp³-hybridized carbons (Fsp3) is 0.750. The van der Waals surface area contributed by atoms with Gasteiger partial charge in [0.1, 0.15) is 0 Å². The second-order valence-corrected chi connectivity index (χ2v) is 3.64. The van der Waals surface area contributed by atoms with E-state index in [0.717, 1.165) is 6.42 Å². The third-order valence-corrected chi connectivity index (χ3v) is 3.10. The van der Waals surface area contributed by atoms with Crippen molar-refractivity contribution in [1.29, 1.82) is 0 Å². The Bertz CT molecular complexity index is 260. The van der Waals surface area contributed by atoms with Crippen LogP contribution in [-0.2, 0) is 9.59 Å². The zero-order chi connectivity index (χ0) is 8.93. The zero-order valence-corrected chi connectivity index (χ0v) is 6.49. The summed E-state index contributed by atoms with van der Waals surface area (Å²) in [5, 5.41) is 18.3. The van der Waals surface area contributed by atoms with Crippen LogP contribution in [0.3, 0.4) is 0 Å². The van der Waals surface area contributed by atoms with Gasteiger partial charge in [0.05, 0.1) is 0 Å². The third kappa shape index (κ3) is 0.659. The van der Waals surface area contributed by atoms with Crippen LogP contribution in [0, 0.1) is 11.8 Å². The smallest absolute Gasteiger partial charge is 0.343 e. The number of carbonyl (C=O) groups excluding carboxylic acids is 1. The molecule has 0 aromatic heterocycles. The molecule has 0 spiro atoms. The molecule has 0 radical (unpaired) electrons. The minimum absolute atomic E-state index is 0.198. The molecule has 0 aromatic rings. The molecule has 3 atom stereocenters. The van der Waals surface area contributed by atoms with E-state index >= 15 is 0 Å². The maximum atomic E-state index is 11.3.